The molecule has 3 rings (SSSR count). The lowest BCUT2D eigenvalue weighted by atomic mass is 9.67. The van der Waals surface area contributed by atoms with Gasteiger partial charge in [0.05, 0.1) is 13.2 Å². The molecule has 2 N–H and O–H groups in total. The first-order valence-corrected chi connectivity index (χ1v) is 9.47. The number of rotatable bonds is 6. The van der Waals surface area contributed by atoms with Gasteiger partial charge in [-0.25, -0.2) is 4.98 Å². The highest BCUT2D eigenvalue weighted by Gasteiger charge is 2.34. The fourth-order valence-electron chi connectivity index (χ4n) is 3.63. The monoisotopic (exact) mass is 473 g/mol. The molecule has 1 aliphatic heterocycles. The van der Waals surface area contributed by atoms with E-state index in [-0.39, 0.29) is 24.0 Å². The summed E-state index contributed by atoms with van der Waals surface area (Å²) in [5.74, 6) is 1.93. The number of aromatic nitrogens is 1. The van der Waals surface area contributed by atoms with E-state index in [0.29, 0.717) is 5.41 Å². The average molecular weight is 473 g/mol. The van der Waals surface area contributed by atoms with E-state index in [1.807, 2.05) is 19.3 Å². The Morgan fingerprint density at radius 1 is 1.31 bits per heavy atom. The molecule has 1 aromatic heterocycles. The molecule has 0 unspecified atom stereocenters. The minimum atomic E-state index is 0. The predicted molar refractivity (Wildman–Crippen MR) is 117 cm³/mol. The van der Waals surface area contributed by atoms with Crippen LogP contribution in [0, 0.1) is 5.41 Å². The molecule has 2 aliphatic rings. The van der Waals surface area contributed by atoms with Gasteiger partial charge in [0.25, 0.3) is 0 Å². The van der Waals surface area contributed by atoms with Crippen molar-refractivity contribution < 1.29 is 4.74 Å². The Bertz CT molecular complexity index is 580. The molecule has 2 fully saturated rings. The molecule has 1 aliphatic carbocycles. The van der Waals surface area contributed by atoms with Crippen LogP contribution in [-0.2, 0) is 11.3 Å². The standard InChI is InChI=1S/C19H31N5O.HI/c1-3-19(7-5-8-19)15-23-18(20-2)22-14-16-6-4-9-21-17(16)24-10-12-25-13-11-24;/h4,6,9H,3,5,7-8,10-15H2,1-2H3,(H2,20,22,23);1H. The molecule has 0 radical (unpaired) electrons. The Hall–Kier alpha value is -1.09. The summed E-state index contributed by atoms with van der Waals surface area (Å²) in [4.78, 5) is 11.3. The van der Waals surface area contributed by atoms with E-state index >= 15 is 0 Å². The summed E-state index contributed by atoms with van der Waals surface area (Å²) < 4.78 is 5.45. The van der Waals surface area contributed by atoms with Crippen LogP contribution in [0.3, 0.4) is 0 Å². The van der Waals surface area contributed by atoms with Gasteiger partial charge in [-0.2, -0.15) is 0 Å². The molecule has 0 atom stereocenters. The average Bonchev–Trinajstić information content (AvgIpc) is 2.64. The number of nitrogens with one attached hydrogen (secondary N) is 2. The van der Waals surface area contributed by atoms with E-state index in [1.165, 1.54) is 31.2 Å². The molecule has 0 amide bonds. The minimum Gasteiger partial charge on any atom is -0.378 e. The van der Waals surface area contributed by atoms with Crippen molar-refractivity contribution in [3.63, 3.8) is 0 Å². The summed E-state index contributed by atoms with van der Waals surface area (Å²) in [7, 11) is 1.83. The van der Waals surface area contributed by atoms with Crippen LogP contribution in [0.5, 0.6) is 0 Å². The van der Waals surface area contributed by atoms with Crippen LogP contribution >= 0.6 is 24.0 Å². The predicted octanol–water partition coefficient (Wildman–Crippen LogP) is 2.78. The van der Waals surface area contributed by atoms with Crippen molar-refractivity contribution in [2.24, 2.45) is 10.4 Å². The van der Waals surface area contributed by atoms with Crippen LogP contribution in [0.4, 0.5) is 5.82 Å². The molecule has 1 aromatic rings. The lowest BCUT2D eigenvalue weighted by molar-refractivity contribution is 0.122. The van der Waals surface area contributed by atoms with Gasteiger partial charge in [-0.15, -0.1) is 24.0 Å². The third kappa shape index (κ3) is 5.22. The maximum atomic E-state index is 5.45. The molecule has 1 saturated heterocycles. The van der Waals surface area contributed by atoms with Crippen molar-refractivity contribution >= 4 is 35.8 Å². The molecule has 2 heterocycles. The minimum absolute atomic E-state index is 0. The van der Waals surface area contributed by atoms with E-state index in [0.717, 1.165) is 51.2 Å². The number of pyridine rings is 1. The van der Waals surface area contributed by atoms with Gasteiger partial charge in [0.15, 0.2) is 5.96 Å². The summed E-state index contributed by atoms with van der Waals surface area (Å²) in [5, 5.41) is 6.97. The Kier molecular flexibility index (Phi) is 8.40. The molecule has 0 bridgehead atoms. The van der Waals surface area contributed by atoms with E-state index in [9.17, 15) is 0 Å². The number of hydrogen-bond acceptors (Lipinski definition) is 4. The lowest BCUT2D eigenvalue weighted by Gasteiger charge is -2.41. The zero-order valence-corrected chi connectivity index (χ0v) is 18.3. The summed E-state index contributed by atoms with van der Waals surface area (Å²) in [6, 6.07) is 4.13. The van der Waals surface area contributed by atoms with Crippen molar-refractivity contribution in [3.05, 3.63) is 23.9 Å². The number of ether oxygens (including phenoxy) is 1. The molecule has 6 nitrogen and oxygen atoms in total. The molecule has 1 saturated carbocycles. The molecule has 146 valence electrons. The molecule has 7 heteroatoms. The van der Waals surface area contributed by atoms with Crippen LogP contribution in [0.1, 0.15) is 38.2 Å². The highest BCUT2D eigenvalue weighted by atomic mass is 127. The summed E-state index contributed by atoms with van der Waals surface area (Å²) in [6.07, 6.45) is 7.12. The van der Waals surface area contributed by atoms with Gasteiger partial charge in [0.2, 0.25) is 0 Å². The smallest absolute Gasteiger partial charge is 0.191 e. The van der Waals surface area contributed by atoms with Crippen molar-refractivity contribution in [2.45, 2.75) is 39.2 Å². The van der Waals surface area contributed by atoms with Gasteiger partial charge in [0, 0.05) is 45.0 Å². The van der Waals surface area contributed by atoms with Crippen LogP contribution in [-0.4, -0.2) is 50.8 Å². The second-order valence-corrected chi connectivity index (χ2v) is 7.07. The van der Waals surface area contributed by atoms with E-state index < -0.39 is 0 Å². The first-order valence-electron chi connectivity index (χ1n) is 9.47. The second kappa shape index (κ2) is 10.3. The Labute approximate surface area is 174 Å². The van der Waals surface area contributed by atoms with Gasteiger partial charge in [0.1, 0.15) is 5.82 Å². The topological polar surface area (TPSA) is 61.8 Å². The third-order valence-corrected chi connectivity index (χ3v) is 5.64. The first-order chi connectivity index (χ1) is 12.3. The first kappa shape index (κ1) is 21.2. The molecular formula is C19H32IN5O. The van der Waals surface area contributed by atoms with E-state index in [2.05, 4.69) is 38.5 Å². The lowest BCUT2D eigenvalue weighted by Crippen LogP contribution is -2.46. The van der Waals surface area contributed by atoms with Crippen LogP contribution in [0.25, 0.3) is 0 Å². The highest BCUT2D eigenvalue weighted by molar-refractivity contribution is 14.0. The molecule has 0 spiro atoms. The van der Waals surface area contributed by atoms with E-state index in [1.54, 1.807) is 0 Å². The van der Waals surface area contributed by atoms with Crippen LogP contribution in [0.2, 0.25) is 0 Å². The maximum Gasteiger partial charge on any atom is 0.191 e. The molecule has 0 aromatic carbocycles. The summed E-state index contributed by atoms with van der Waals surface area (Å²) >= 11 is 0. The SMILES string of the molecule is CCC1(CNC(=NC)NCc2cccnc2N2CCOCC2)CCC1.I. The zero-order valence-electron chi connectivity index (χ0n) is 16.0. The van der Waals surface area contributed by atoms with Crippen molar-refractivity contribution in [1.82, 2.24) is 15.6 Å². The third-order valence-electron chi connectivity index (χ3n) is 5.64. The molecular weight excluding hydrogens is 441 g/mol. The van der Waals surface area contributed by atoms with Crippen molar-refractivity contribution in [2.75, 3.05) is 44.8 Å². The molecule has 26 heavy (non-hydrogen) atoms. The van der Waals surface area contributed by atoms with Gasteiger partial charge >= 0.3 is 0 Å². The number of nitrogens with zero attached hydrogens (tertiary/aromatic N) is 3. The number of aliphatic imine (C=N–C) groups is 1. The fraction of sp³-hybridized carbons (Fsp3) is 0.684. The van der Waals surface area contributed by atoms with Gasteiger partial charge in [-0.1, -0.05) is 19.4 Å². The van der Waals surface area contributed by atoms with Gasteiger partial charge < -0.3 is 20.3 Å². The Balaban J connectivity index is 0.00000243. The van der Waals surface area contributed by atoms with Crippen LogP contribution in [0.15, 0.2) is 23.3 Å². The largest absolute Gasteiger partial charge is 0.378 e. The quantitative estimate of drug-likeness (QED) is 0.378. The van der Waals surface area contributed by atoms with E-state index in [4.69, 9.17) is 4.74 Å². The summed E-state index contributed by atoms with van der Waals surface area (Å²) in [5.41, 5.74) is 1.67. The van der Waals surface area contributed by atoms with Gasteiger partial charge in [-0.3, -0.25) is 4.99 Å². The summed E-state index contributed by atoms with van der Waals surface area (Å²) in [6.45, 7) is 7.36. The Morgan fingerprint density at radius 3 is 2.69 bits per heavy atom. The highest BCUT2D eigenvalue weighted by Crippen LogP contribution is 2.42. The maximum absolute atomic E-state index is 5.45. The Morgan fingerprint density at radius 2 is 2.08 bits per heavy atom. The second-order valence-electron chi connectivity index (χ2n) is 7.07. The number of guanidine groups is 1. The fourth-order valence-corrected chi connectivity index (χ4v) is 3.63. The van der Waals surface area contributed by atoms with Crippen LogP contribution < -0.4 is 15.5 Å². The van der Waals surface area contributed by atoms with Gasteiger partial charge in [-0.05, 0) is 30.7 Å². The number of hydrogen-bond donors (Lipinski definition) is 2. The normalized spacial score (nSPS) is 19.3. The number of morpholine rings is 1. The number of anilines is 1. The number of halogens is 1. The van der Waals surface area contributed by atoms with Crippen molar-refractivity contribution in [3.8, 4) is 0 Å². The zero-order chi connectivity index (χ0) is 17.5. The van der Waals surface area contributed by atoms with Crippen molar-refractivity contribution in [1.29, 1.82) is 0 Å².